The highest BCUT2D eigenvalue weighted by Crippen LogP contribution is 2.20. The molecule has 0 aliphatic carbocycles. The van der Waals surface area contributed by atoms with Crippen LogP contribution in [0.4, 0.5) is 0 Å². The molecule has 1 aromatic heterocycles. The van der Waals surface area contributed by atoms with Crippen molar-refractivity contribution in [2.24, 2.45) is 0 Å². The Labute approximate surface area is 112 Å². The molecule has 104 valence electrons. The number of hydrogen-bond acceptors (Lipinski definition) is 5. The van der Waals surface area contributed by atoms with Crippen molar-refractivity contribution in [1.82, 2.24) is 14.9 Å². The molecule has 1 atom stereocenters. The molecule has 0 amide bonds. The summed E-state index contributed by atoms with van der Waals surface area (Å²) in [6, 6.07) is 0. The van der Waals surface area contributed by atoms with E-state index in [1.165, 1.54) is 6.20 Å². The summed E-state index contributed by atoms with van der Waals surface area (Å²) in [6.07, 6.45) is 2.30. The summed E-state index contributed by atoms with van der Waals surface area (Å²) in [5.74, 6) is -0.426. The average molecular weight is 265 g/mol. The first-order valence-corrected chi connectivity index (χ1v) is 6.52. The third-order valence-electron chi connectivity index (χ3n) is 3.21. The van der Waals surface area contributed by atoms with Crippen LogP contribution >= 0.6 is 0 Å². The van der Waals surface area contributed by atoms with Gasteiger partial charge in [0.1, 0.15) is 6.10 Å². The van der Waals surface area contributed by atoms with Crippen molar-refractivity contribution in [2.45, 2.75) is 26.4 Å². The van der Waals surface area contributed by atoms with E-state index in [0.29, 0.717) is 18.1 Å². The maximum Gasteiger partial charge on any atom is 0.339 e. The predicted molar refractivity (Wildman–Crippen MR) is 69.2 cm³/mol. The molecular weight excluding hydrogens is 246 g/mol. The smallest absolute Gasteiger partial charge is 0.339 e. The van der Waals surface area contributed by atoms with Crippen molar-refractivity contribution >= 4 is 5.97 Å². The summed E-state index contributed by atoms with van der Waals surface area (Å²) in [5, 5.41) is 8.96. The highest BCUT2D eigenvalue weighted by Gasteiger charge is 2.24. The first kappa shape index (κ1) is 13.9. The zero-order chi connectivity index (χ0) is 13.8. The maximum atomic E-state index is 10.9. The van der Waals surface area contributed by atoms with Crippen LogP contribution in [0.3, 0.4) is 0 Å². The van der Waals surface area contributed by atoms with E-state index in [9.17, 15) is 4.79 Å². The largest absolute Gasteiger partial charge is 0.478 e. The standard InChI is InChI=1S/C13H19N3O3/c1-3-4-16-5-6-19-11(8-16)12-14-7-10(13(17)18)9(2)15-12/h7,11H,3-6,8H2,1-2H3,(H,17,18). The Morgan fingerprint density at radius 1 is 1.63 bits per heavy atom. The molecule has 0 bridgehead atoms. The van der Waals surface area contributed by atoms with Crippen molar-refractivity contribution in [3.8, 4) is 0 Å². The van der Waals surface area contributed by atoms with Crippen molar-refractivity contribution in [3.05, 3.63) is 23.3 Å². The molecule has 0 saturated carbocycles. The van der Waals surface area contributed by atoms with Gasteiger partial charge in [-0.2, -0.15) is 0 Å². The van der Waals surface area contributed by atoms with Crippen LogP contribution in [0.2, 0.25) is 0 Å². The second-order valence-corrected chi connectivity index (χ2v) is 4.69. The van der Waals surface area contributed by atoms with Gasteiger partial charge in [-0.1, -0.05) is 6.92 Å². The Balaban J connectivity index is 2.13. The van der Waals surface area contributed by atoms with Gasteiger partial charge in [-0.05, 0) is 19.9 Å². The molecule has 19 heavy (non-hydrogen) atoms. The quantitative estimate of drug-likeness (QED) is 0.883. The van der Waals surface area contributed by atoms with Gasteiger partial charge < -0.3 is 9.84 Å². The lowest BCUT2D eigenvalue weighted by molar-refractivity contribution is -0.0343. The van der Waals surface area contributed by atoms with E-state index in [4.69, 9.17) is 9.84 Å². The van der Waals surface area contributed by atoms with Gasteiger partial charge >= 0.3 is 5.97 Å². The summed E-state index contributed by atoms with van der Waals surface area (Å²) in [6.45, 7) is 7.21. The lowest BCUT2D eigenvalue weighted by Gasteiger charge is -2.31. The molecule has 1 fully saturated rings. The molecule has 1 aliphatic rings. The molecular formula is C13H19N3O3. The molecule has 0 aromatic carbocycles. The SMILES string of the molecule is CCCN1CCOC(c2ncc(C(=O)O)c(C)n2)C1. The summed E-state index contributed by atoms with van der Waals surface area (Å²) < 4.78 is 5.68. The molecule has 1 N–H and O–H groups in total. The molecule has 1 unspecified atom stereocenters. The van der Waals surface area contributed by atoms with E-state index in [1.54, 1.807) is 6.92 Å². The lowest BCUT2D eigenvalue weighted by atomic mass is 10.2. The first-order chi connectivity index (χ1) is 9.11. The number of nitrogens with zero attached hydrogens (tertiary/aromatic N) is 3. The molecule has 0 radical (unpaired) electrons. The summed E-state index contributed by atoms with van der Waals surface area (Å²) in [7, 11) is 0. The second-order valence-electron chi connectivity index (χ2n) is 4.69. The minimum Gasteiger partial charge on any atom is -0.478 e. The zero-order valence-corrected chi connectivity index (χ0v) is 11.3. The van der Waals surface area contributed by atoms with Crippen LogP contribution in [0.25, 0.3) is 0 Å². The van der Waals surface area contributed by atoms with E-state index < -0.39 is 5.97 Å². The normalized spacial score (nSPS) is 20.4. The number of rotatable bonds is 4. The topological polar surface area (TPSA) is 75.5 Å². The maximum absolute atomic E-state index is 10.9. The van der Waals surface area contributed by atoms with E-state index in [-0.39, 0.29) is 11.7 Å². The van der Waals surface area contributed by atoms with Crippen LogP contribution in [0.5, 0.6) is 0 Å². The molecule has 1 aromatic rings. The monoisotopic (exact) mass is 265 g/mol. The third kappa shape index (κ3) is 3.27. The van der Waals surface area contributed by atoms with Crippen molar-refractivity contribution in [3.63, 3.8) is 0 Å². The number of aromatic carboxylic acids is 1. The Hall–Kier alpha value is -1.53. The highest BCUT2D eigenvalue weighted by molar-refractivity contribution is 5.88. The van der Waals surface area contributed by atoms with Crippen LogP contribution in [0, 0.1) is 6.92 Å². The fourth-order valence-electron chi connectivity index (χ4n) is 2.23. The van der Waals surface area contributed by atoms with E-state index in [0.717, 1.165) is 26.1 Å². The van der Waals surface area contributed by atoms with Crippen LogP contribution in [0.15, 0.2) is 6.20 Å². The van der Waals surface area contributed by atoms with Crippen LogP contribution in [0.1, 0.15) is 41.3 Å². The van der Waals surface area contributed by atoms with Crippen LogP contribution in [-0.4, -0.2) is 52.2 Å². The highest BCUT2D eigenvalue weighted by atomic mass is 16.5. The molecule has 2 rings (SSSR count). The van der Waals surface area contributed by atoms with E-state index >= 15 is 0 Å². The minimum absolute atomic E-state index is 0.143. The molecule has 2 heterocycles. The number of carboxylic acids is 1. The van der Waals surface area contributed by atoms with Gasteiger partial charge in [0.15, 0.2) is 5.82 Å². The number of aromatic nitrogens is 2. The molecule has 6 nitrogen and oxygen atoms in total. The van der Waals surface area contributed by atoms with Crippen LogP contribution < -0.4 is 0 Å². The number of morpholine rings is 1. The van der Waals surface area contributed by atoms with Gasteiger partial charge in [-0.3, -0.25) is 4.90 Å². The summed E-state index contributed by atoms with van der Waals surface area (Å²) in [5.41, 5.74) is 0.624. The fraction of sp³-hybridized carbons (Fsp3) is 0.615. The number of ether oxygens (including phenoxy) is 1. The number of carboxylic acid groups (broad SMARTS) is 1. The Bertz CT molecular complexity index is 462. The van der Waals surface area contributed by atoms with Gasteiger partial charge in [-0.25, -0.2) is 14.8 Å². The summed E-state index contributed by atoms with van der Waals surface area (Å²) >= 11 is 0. The van der Waals surface area contributed by atoms with Gasteiger partial charge in [0.25, 0.3) is 0 Å². The van der Waals surface area contributed by atoms with Crippen molar-refractivity contribution < 1.29 is 14.6 Å². The zero-order valence-electron chi connectivity index (χ0n) is 11.3. The number of aryl methyl sites for hydroxylation is 1. The summed E-state index contributed by atoms with van der Waals surface area (Å²) in [4.78, 5) is 21.6. The van der Waals surface area contributed by atoms with Gasteiger partial charge in [0.05, 0.1) is 17.9 Å². The Morgan fingerprint density at radius 3 is 3.05 bits per heavy atom. The first-order valence-electron chi connectivity index (χ1n) is 6.52. The third-order valence-corrected chi connectivity index (χ3v) is 3.21. The Morgan fingerprint density at radius 2 is 2.42 bits per heavy atom. The number of carbonyl (C=O) groups is 1. The minimum atomic E-state index is -0.999. The van der Waals surface area contributed by atoms with Gasteiger partial charge in [0, 0.05) is 19.3 Å². The van der Waals surface area contributed by atoms with Gasteiger partial charge in [-0.15, -0.1) is 0 Å². The molecule has 1 aliphatic heterocycles. The second kappa shape index (κ2) is 6.08. The van der Waals surface area contributed by atoms with Crippen LogP contribution in [-0.2, 0) is 4.74 Å². The fourth-order valence-corrected chi connectivity index (χ4v) is 2.23. The molecule has 6 heteroatoms. The van der Waals surface area contributed by atoms with Gasteiger partial charge in [0.2, 0.25) is 0 Å². The van der Waals surface area contributed by atoms with Crippen molar-refractivity contribution in [1.29, 1.82) is 0 Å². The van der Waals surface area contributed by atoms with Crippen molar-refractivity contribution in [2.75, 3.05) is 26.2 Å². The molecule has 1 saturated heterocycles. The van der Waals surface area contributed by atoms with E-state index in [1.807, 2.05) is 0 Å². The average Bonchev–Trinajstić information content (AvgIpc) is 2.39. The number of hydrogen-bond donors (Lipinski definition) is 1. The lowest BCUT2D eigenvalue weighted by Crippen LogP contribution is -2.39. The molecule has 0 spiro atoms. The predicted octanol–water partition coefficient (Wildman–Crippen LogP) is 1.27. The van der Waals surface area contributed by atoms with E-state index in [2.05, 4.69) is 21.8 Å². The Kier molecular flexibility index (Phi) is 4.44.